The maximum absolute atomic E-state index is 6.25. The van der Waals surface area contributed by atoms with Crippen LogP contribution in [0.1, 0.15) is 27.2 Å². The Hall–Kier alpha value is -1.22. The van der Waals surface area contributed by atoms with Gasteiger partial charge in [-0.15, -0.1) is 0 Å². The smallest absolute Gasteiger partial charge is 0.196 e. The molecule has 2 N–H and O–H groups in total. The molecule has 0 aliphatic carbocycles. The molecule has 18 heavy (non-hydrogen) atoms. The number of anilines is 1. The molecule has 1 aliphatic rings. The van der Waals surface area contributed by atoms with E-state index in [0.29, 0.717) is 12.0 Å². The zero-order valence-corrected chi connectivity index (χ0v) is 11.9. The fourth-order valence-corrected chi connectivity index (χ4v) is 2.60. The van der Waals surface area contributed by atoms with Crippen LogP contribution in [0.5, 0.6) is 0 Å². The van der Waals surface area contributed by atoms with Crippen molar-refractivity contribution in [3.8, 4) is 0 Å². The van der Waals surface area contributed by atoms with E-state index in [1.807, 2.05) is 24.3 Å². The topological polar surface area (TPSA) is 41.6 Å². The van der Waals surface area contributed by atoms with E-state index in [1.54, 1.807) is 0 Å². The number of hydrogen-bond donors (Lipinski definition) is 1. The Kier molecular flexibility index (Phi) is 3.53. The van der Waals surface area contributed by atoms with Crippen molar-refractivity contribution in [2.75, 3.05) is 11.4 Å². The van der Waals surface area contributed by atoms with Crippen LogP contribution in [-0.2, 0) is 0 Å². The summed E-state index contributed by atoms with van der Waals surface area (Å²) in [5, 5.41) is 0.719. The molecule has 1 aromatic rings. The van der Waals surface area contributed by atoms with Crippen LogP contribution >= 0.6 is 11.6 Å². The molecule has 1 unspecified atom stereocenters. The Balaban J connectivity index is 2.28. The lowest BCUT2D eigenvalue weighted by atomic mass is 9.87. The minimum absolute atomic E-state index is 0.240. The van der Waals surface area contributed by atoms with Crippen molar-refractivity contribution in [2.45, 2.75) is 33.2 Å². The summed E-state index contributed by atoms with van der Waals surface area (Å²) < 4.78 is 0. The van der Waals surface area contributed by atoms with Gasteiger partial charge >= 0.3 is 0 Å². The van der Waals surface area contributed by atoms with E-state index in [4.69, 9.17) is 17.3 Å². The van der Waals surface area contributed by atoms with Crippen molar-refractivity contribution in [2.24, 2.45) is 16.1 Å². The molecule has 0 aromatic heterocycles. The highest BCUT2D eigenvalue weighted by Crippen LogP contribution is 2.33. The van der Waals surface area contributed by atoms with E-state index >= 15 is 0 Å². The van der Waals surface area contributed by atoms with E-state index < -0.39 is 0 Å². The maximum atomic E-state index is 6.25. The van der Waals surface area contributed by atoms with Gasteiger partial charge in [0.15, 0.2) is 5.96 Å². The van der Waals surface area contributed by atoms with Crippen molar-refractivity contribution in [3.63, 3.8) is 0 Å². The Morgan fingerprint density at radius 2 is 2.06 bits per heavy atom. The lowest BCUT2D eigenvalue weighted by Crippen LogP contribution is -2.42. The predicted octanol–water partition coefficient (Wildman–Crippen LogP) is 3.28. The highest BCUT2D eigenvalue weighted by molar-refractivity contribution is 6.33. The molecule has 4 heteroatoms. The average Bonchev–Trinajstić information content (AvgIpc) is 2.59. The van der Waals surface area contributed by atoms with Gasteiger partial charge in [0.25, 0.3) is 0 Å². The Morgan fingerprint density at radius 1 is 1.39 bits per heavy atom. The summed E-state index contributed by atoms with van der Waals surface area (Å²) in [7, 11) is 0. The third-order valence-electron chi connectivity index (χ3n) is 3.04. The summed E-state index contributed by atoms with van der Waals surface area (Å²) in [6, 6.07) is 8.07. The number of halogens is 1. The molecule has 1 aromatic carbocycles. The predicted molar refractivity (Wildman–Crippen MR) is 78.3 cm³/mol. The monoisotopic (exact) mass is 265 g/mol. The number of aliphatic imine (C=N–C) groups is 1. The van der Waals surface area contributed by atoms with Gasteiger partial charge in [-0.05, 0) is 24.0 Å². The molecule has 2 rings (SSSR count). The first-order valence-electron chi connectivity index (χ1n) is 6.22. The van der Waals surface area contributed by atoms with E-state index in [1.165, 1.54) is 0 Å². The lowest BCUT2D eigenvalue weighted by Gasteiger charge is -2.31. The van der Waals surface area contributed by atoms with Gasteiger partial charge in [0.05, 0.1) is 23.3 Å². The normalized spacial score (nSPS) is 20.1. The lowest BCUT2D eigenvalue weighted by molar-refractivity contribution is 0.347. The minimum Gasteiger partial charge on any atom is -0.370 e. The van der Waals surface area contributed by atoms with Gasteiger partial charge in [-0.2, -0.15) is 0 Å². The van der Waals surface area contributed by atoms with Crippen LogP contribution in [0.2, 0.25) is 5.02 Å². The number of nitrogens with two attached hydrogens (primary N) is 1. The highest BCUT2D eigenvalue weighted by Gasteiger charge is 2.31. The molecular formula is C14H20ClN3. The van der Waals surface area contributed by atoms with Gasteiger partial charge < -0.3 is 10.6 Å². The SMILES string of the molecule is CC(C)(C)CC1CN=C(N)N1c1ccccc1Cl. The summed E-state index contributed by atoms with van der Waals surface area (Å²) in [5.41, 5.74) is 7.20. The molecule has 0 saturated heterocycles. The molecule has 0 amide bonds. The standard InChI is InChI=1S/C14H20ClN3/c1-14(2,3)8-10-9-17-13(16)18(10)12-7-5-4-6-11(12)15/h4-7,10H,8-9H2,1-3H3,(H2,16,17). The Labute approximate surface area is 114 Å². The first-order chi connectivity index (χ1) is 8.38. The van der Waals surface area contributed by atoms with Crippen LogP contribution < -0.4 is 10.6 Å². The largest absolute Gasteiger partial charge is 0.370 e. The first-order valence-corrected chi connectivity index (χ1v) is 6.60. The third-order valence-corrected chi connectivity index (χ3v) is 3.36. The van der Waals surface area contributed by atoms with Crippen LogP contribution in [0.25, 0.3) is 0 Å². The minimum atomic E-state index is 0.240. The molecule has 1 aliphatic heterocycles. The quantitative estimate of drug-likeness (QED) is 0.892. The van der Waals surface area contributed by atoms with Gasteiger partial charge in [-0.25, -0.2) is 0 Å². The summed E-state index contributed by atoms with van der Waals surface area (Å²) in [4.78, 5) is 6.43. The van der Waals surface area contributed by atoms with Crippen molar-refractivity contribution in [1.29, 1.82) is 0 Å². The van der Waals surface area contributed by atoms with Crippen molar-refractivity contribution in [3.05, 3.63) is 29.3 Å². The number of nitrogens with zero attached hydrogens (tertiary/aromatic N) is 2. The highest BCUT2D eigenvalue weighted by atomic mass is 35.5. The van der Waals surface area contributed by atoms with E-state index in [0.717, 1.165) is 23.7 Å². The second-order valence-electron chi connectivity index (χ2n) is 5.94. The molecule has 0 spiro atoms. The van der Waals surface area contributed by atoms with Crippen LogP contribution in [0, 0.1) is 5.41 Å². The molecule has 0 radical (unpaired) electrons. The average molecular weight is 266 g/mol. The summed E-state index contributed by atoms with van der Waals surface area (Å²) in [5.74, 6) is 0.567. The maximum Gasteiger partial charge on any atom is 0.196 e. The summed E-state index contributed by atoms with van der Waals surface area (Å²) in [6.07, 6.45) is 1.03. The molecule has 3 nitrogen and oxygen atoms in total. The number of hydrogen-bond acceptors (Lipinski definition) is 3. The molecule has 0 bridgehead atoms. The van der Waals surface area contributed by atoms with Gasteiger partial charge in [0.2, 0.25) is 0 Å². The number of para-hydroxylation sites is 1. The van der Waals surface area contributed by atoms with Crippen LogP contribution in [0.15, 0.2) is 29.3 Å². The molecular weight excluding hydrogens is 246 g/mol. The molecule has 1 heterocycles. The van der Waals surface area contributed by atoms with Gasteiger partial charge in [0, 0.05) is 0 Å². The Bertz CT molecular complexity index is 462. The van der Waals surface area contributed by atoms with Crippen LogP contribution in [0.4, 0.5) is 5.69 Å². The van der Waals surface area contributed by atoms with Crippen LogP contribution in [0.3, 0.4) is 0 Å². The number of benzene rings is 1. The number of rotatable bonds is 2. The van der Waals surface area contributed by atoms with E-state index in [-0.39, 0.29) is 5.41 Å². The second kappa shape index (κ2) is 4.81. The van der Waals surface area contributed by atoms with Crippen molar-refractivity contribution < 1.29 is 0 Å². The van der Waals surface area contributed by atoms with Crippen LogP contribution in [-0.4, -0.2) is 18.5 Å². The van der Waals surface area contributed by atoms with E-state index in [2.05, 4.69) is 30.7 Å². The van der Waals surface area contributed by atoms with Gasteiger partial charge in [-0.3, -0.25) is 4.99 Å². The van der Waals surface area contributed by atoms with Crippen molar-refractivity contribution in [1.82, 2.24) is 0 Å². The summed E-state index contributed by atoms with van der Waals surface area (Å²) in [6.45, 7) is 7.43. The Morgan fingerprint density at radius 3 is 2.67 bits per heavy atom. The van der Waals surface area contributed by atoms with Crippen molar-refractivity contribution >= 4 is 23.2 Å². The molecule has 0 saturated carbocycles. The fourth-order valence-electron chi connectivity index (χ4n) is 2.37. The fraction of sp³-hybridized carbons (Fsp3) is 0.500. The second-order valence-corrected chi connectivity index (χ2v) is 6.35. The van der Waals surface area contributed by atoms with E-state index in [9.17, 15) is 0 Å². The molecule has 98 valence electrons. The zero-order chi connectivity index (χ0) is 13.3. The first kappa shape index (κ1) is 13.2. The van der Waals surface area contributed by atoms with Gasteiger partial charge in [0.1, 0.15) is 0 Å². The zero-order valence-electron chi connectivity index (χ0n) is 11.2. The summed E-state index contributed by atoms with van der Waals surface area (Å²) >= 11 is 6.25. The molecule has 0 fully saturated rings. The van der Waals surface area contributed by atoms with Gasteiger partial charge in [-0.1, -0.05) is 44.5 Å². The third kappa shape index (κ3) is 2.78. The molecule has 1 atom stereocenters. The number of guanidine groups is 1.